The van der Waals surface area contributed by atoms with Crippen LogP contribution in [0, 0.1) is 11.8 Å². The van der Waals surface area contributed by atoms with Crippen molar-refractivity contribution in [3.8, 4) is 0 Å². The highest BCUT2D eigenvalue weighted by Gasteiger charge is 2.36. The second kappa shape index (κ2) is 6.15. The molecule has 2 aliphatic rings. The lowest BCUT2D eigenvalue weighted by molar-refractivity contribution is 0.0499. The smallest absolute Gasteiger partial charge is 0.0278 e. The standard InChI is InChI=1S/C15H30N2S/c1-5-15(4)11-17(9-13-6-7-18-10-13)14(8-16-15)12(2)3/h12-14,16H,5-11H2,1-4H3. The van der Waals surface area contributed by atoms with E-state index < -0.39 is 0 Å². The molecule has 0 radical (unpaired) electrons. The number of nitrogens with one attached hydrogen (secondary N) is 1. The molecule has 18 heavy (non-hydrogen) atoms. The minimum atomic E-state index is 0.330. The summed E-state index contributed by atoms with van der Waals surface area (Å²) in [4.78, 5) is 2.79. The van der Waals surface area contributed by atoms with Gasteiger partial charge in [0.15, 0.2) is 0 Å². The van der Waals surface area contributed by atoms with Crippen molar-refractivity contribution in [3.63, 3.8) is 0 Å². The van der Waals surface area contributed by atoms with Crippen molar-refractivity contribution < 1.29 is 0 Å². The second-order valence-electron chi connectivity index (χ2n) is 6.77. The lowest BCUT2D eigenvalue weighted by Gasteiger charge is -2.48. The summed E-state index contributed by atoms with van der Waals surface area (Å²) in [5.41, 5.74) is 0.330. The normalized spacial score (nSPS) is 38.5. The lowest BCUT2D eigenvalue weighted by Crippen LogP contribution is -2.64. The molecular formula is C15H30N2S. The summed E-state index contributed by atoms with van der Waals surface area (Å²) in [5.74, 6) is 4.47. The third-order valence-corrected chi connectivity index (χ3v) is 6.06. The minimum absolute atomic E-state index is 0.330. The Hall–Kier alpha value is 0.270. The Balaban J connectivity index is 1.99. The molecule has 0 aromatic rings. The Morgan fingerprint density at radius 1 is 1.44 bits per heavy atom. The summed E-state index contributed by atoms with van der Waals surface area (Å²) in [6, 6.07) is 0.732. The minimum Gasteiger partial charge on any atom is -0.309 e. The Kier molecular flexibility index (Phi) is 5.01. The molecule has 0 bridgehead atoms. The molecule has 106 valence electrons. The first-order valence-corrected chi connectivity index (χ1v) is 8.76. The number of hydrogen-bond acceptors (Lipinski definition) is 3. The molecule has 0 aliphatic carbocycles. The van der Waals surface area contributed by atoms with Gasteiger partial charge in [0.2, 0.25) is 0 Å². The Morgan fingerprint density at radius 2 is 2.22 bits per heavy atom. The van der Waals surface area contributed by atoms with E-state index in [9.17, 15) is 0 Å². The molecule has 2 fully saturated rings. The summed E-state index contributed by atoms with van der Waals surface area (Å²) in [6.07, 6.45) is 2.66. The Morgan fingerprint density at radius 3 is 2.78 bits per heavy atom. The van der Waals surface area contributed by atoms with Gasteiger partial charge in [-0.1, -0.05) is 20.8 Å². The number of thioether (sulfide) groups is 1. The van der Waals surface area contributed by atoms with E-state index in [1.807, 2.05) is 0 Å². The molecular weight excluding hydrogens is 240 g/mol. The fourth-order valence-electron chi connectivity index (χ4n) is 3.25. The van der Waals surface area contributed by atoms with E-state index in [4.69, 9.17) is 0 Å². The molecule has 0 aromatic heterocycles. The maximum absolute atomic E-state index is 3.78. The van der Waals surface area contributed by atoms with Crippen LogP contribution in [0.3, 0.4) is 0 Å². The van der Waals surface area contributed by atoms with Gasteiger partial charge in [-0.15, -0.1) is 0 Å². The van der Waals surface area contributed by atoms with E-state index in [0.717, 1.165) is 17.9 Å². The van der Waals surface area contributed by atoms with Crippen LogP contribution >= 0.6 is 11.8 Å². The monoisotopic (exact) mass is 270 g/mol. The van der Waals surface area contributed by atoms with E-state index in [1.165, 1.54) is 44.0 Å². The van der Waals surface area contributed by atoms with E-state index >= 15 is 0 Å². The zero-order chi connectivity index (χ0) is 13.2. The van der Waals surface area contributed by atoms with Crippen LogP contribution in [0.25, 0.3) is 0 Å². The summed E-state index contributed by atoms with van der Waals surface area (Å²) in [7, 11) is 0. The predicted molar refractivity (Wildman–Crippen MR) is 82.3 cm³/mol. The van der Waals surface area contributed by atoms with Crippen LogP contribution in [0.4, 0.5) is 0 Å². The maximum Gasteiger partial charge on any atom is 0.0278 e. The summed E-state index contributed by atoms with van der Waals surface area (Å²) in [6.45, 7) is 13.2. The largest absolute Gasteiger partial charge is 0.309 e. The van der Waals surface area contributed by atoms with Gasteiger partial charge in [0.05, 0.1) is 0 Å². The molecule has 1 N–H and O–H groups in total. The number of piperazine rings is 1. The average Bonchev–Trinajstić information content (AvgIpc) is 2.81. The van der Waals surface area contributed by atoms with Crippen molar-refractivity contribution in [3.05, 3.63) is 0 Å². The van der Waals surface area contributed by atoms with Crippen molar-refractivity contribution in [2.45, 2.75) is 52.1 Å². The molecule has 0 saturated carbocycles. The highest BCUT2D eigenvalue weighted by Crippen LogP contribution is 2.28. The molecule has 2 aliphatic heterocycles. The van der Waals surface area contributed by atoms with Crippen LogP contribution in [0.2, 0.25) is 0 Å². The fraction of sp³-hybridized carbons (Fsp3) is 1.00. The molecule has 2 saturated heterocycles. The van der Waals surface area contributed by atoms with Gasteiger partial charge in [0.25, 0.3) is 0 Å². The van der Waals surface area contributed by atoms with Crippen molar-refractivity contribution in [1.29, 1.82) is 0 Å². The van der Waals surface area contributed by atoms with Crippen molar-refractivity contribution in [1.82, 2.24) is 10.2 Å². The number of hydrogen-bond donors (Lipinski definition) is 1. The zero-order valence-corrected chi connectivity index (χ0v) is 13.4. The molecule has 0 spiro atoms. The van der Waals surface area contributed by atoms with Crippen LogP contribution in [0.5, 0.6) is 0 Å². The lowest BCUT2D eigenvalue weighted by atomic mass is 9.89. The van der Waals surface area contributed by atoms with Gasteiger partial charge in [-0.2, -0.15) is 11.8 Å². The van der Waals surface area contributed by atoms with E-state index in [2.05, 4.69) is 49.7 Å². The van der Waals surface area contributed by atoms with Gasteiger partial charge in [0.1, 0.15) is 0 Å². The zero-order valence-electron chi connectivity index (χ0n) is 12.5. The third-order valence-electron chi connectivity index (χ3n) is 4.83. The van der Waals surface area contributed by atoms with Crippen LogP contribution < -0.4 is 5.32 Å². The van der Waals surface area contributed by atoms with Gasteiger partial charge in [0, 0.05) is 31.2 Å². The first kappa shape index (κ1) is 14.7. The highest BCUT2D eigenvalue weighted by atomic mass is 32.2. The fourth-order valence-corrected chi connectivity index (χ4v) is 4.53. The molecule has 3 atom stereocenters. The van der Waals surface area contributed by atoms with E-state index in [0.29, 0.717) is 5.54 Å². The quantitative estimate of drug-likeness (QED) is 0.846. The highest BCUT2D eigenvalue weighted by molar-refractivity contribution is 7.99. The SMILES string of the molecule is CCC1(C)CN(CC2CCSC2)C(C(C)C)CN1. The van der Waals surface area contributed by atoms with E-state index in [1.54, 1.807) is 0 Å². The number of nitrogens with zero attached hydrogens (tertiary/aromatic N) is 1. The van der Waals surface area contributed by atoms with Gasteiger partial charge in [-0.05, 0) is 43.1 Å². The third kappa shape index (κ3) is 3.43. The van der Waals surface area contributed by atoms with Crippen LogP contribution in [0.1, 0.15) is 40.5 Å². The Bertz CT molecular complexity index is 263. The first-order valence-electron chi connectivity index (χ1n) is 7.61. The second-order valence-corrected chi connectivity index (χ2v) is 7.92. The Labute approximate surface area is 117 Å². The predicted octanol–water partition coefficient (Wildman–Crippen LogP) is 2.84. The maximum atomic E-state index is 3.78. The molecule has 2 rings (SSSR count). The van der Waals surface area contributed by atoms with Gasteiger partial charge in [-0.25, -0.2) is 0 Å². The summed E-state index contributed by atoms with van der Waals surface area (Å²) < 4.78 is 0. The molecule has 0 aromatic carbocycles. The van der Waals surface area contributed by atoms with Crippen molar-refractivity contribution in [2.24, 2.45) is 11.8 Å². The topological polar surface area (TPSA) is 15.3 Å². The molecule has 0 amide bonds. The van der Waals surface area contributed by atoms with Gasteiger partial charge < -0.3 is 5.32 Å². The summed E-state index contributed by atoms with van der Waals surface area (Å²) in [5, 5.41) is 3.78. The average molecular weight is 270 g/mol. The number of rotatable bonds is 4. The van der Waals surface area contributed by atoms with Crippen molar-refractivity contribution >= 4 is 11.8 Å². The van der Waals surface area contributed by atoms with Gasteiger partial charge >= 0.3 is 0 Å². The first-order chi connectivity index (χ1) is 8.54. The van der Waals surface area contributed by atoms with Crippen LogP contribution in [-0.2, 0) is 0 Å². The molecule has 3 unspecified atom stereocenters. The van der Waals surface area contributed by atoms with Crippen LogP contribution in [-0.4, -0.2) is 47.6 Å². The molecule has 2 heterocycles. The van der Waals surface area contributed by atoms with Gasteiger partial charge in [-0.3, -0.25) is 4.90 Å². The van der Waals surface area contributed by atoms with Crippen molar-refractivity contribution in [2.75, 3.05) is 31.1 Å². The van der Waals surface area contributed by atoms with E-state index in [-0.39, 0.29) is 0 Å². The summed E-state index contributed by atoms with van der Waals surface area (Å²) >= 11 is 2.14. The van der Waals surface area contributed by atoms with Crippen LogP contribution in [0.15, 0.2) is 0 Å². The molecule has 3 heteroatoms. The molecule has 2 nitrogen and oxygen atoms in total.